The maximum atomic E-state index is 4.62. The first-order chi connectivity index (χ1) is 10.2. The minimum absolute atomic E-state index is 0.486. The number of nitrogens with zero attached hydrogens (tertiary/aromatic N) is 3. The molecule has 0 amide bonds. The highest BCUT2D eigenvalue weighted by atomic mass is 15.3. The molecule has 0 radical (unpaired) electrons. The number of hydrogen-bond acceptors (Lipinski definition) is 3. The molecule has 114 valence electrons. The van der Waals surface area contributed by atoms with Crippen LogP contribution < -0.4 is 5.32 Å². The van der Waals surface area contributed by atoms with Crippen LogP contribution in [0.25, 0.3) is 0 Å². The van der Waals surface area contributed by atoms with E-state index in [4.69, 9.17) is 0 Å². The molecule has 4 heteroatoms. The van der Waals surface area contributed by atoms with Gasteiger partial charge in [0.05, 0.1) is 5.69 Å². The molecule has 1 N–H and O–H groups in total. The lowest BCUT2D eigenvalue weighted by Crippen LogP contribution is -2.21. The number of hydrogen-bond donors (Lipinski definition) is 1. The summed E-state index contributed by atoms with van der Waals surface area (Å²) in [6.45, 7) is 8.47. The number of aryl methyl sites for hydroxylation is 2. The van der Waals surface area contributed by atoms with Crippen LogP contribution in [0.5, 0.6) is 0 Å². The van der Waals surface area contributed by atoms with Gasteiger partial charge in [-0.05, 0) is 36.5 Å². The van der Waals surface area contributed by atoms with Gasteiger partial charge in [-0.3, -0.25) is 9.67 Å². The van der Waals surface area contributed by atoms with Crippen molar-refractivity contribution in [3.63, 3.8) is 0 Å². The van der Waals surface area contributed by atoms with Crippen LogP contribution in [0.15, 0.2) is 24.5 Å². The molecule has 21 heavy (non-hydrogen) atoms. The van der Waals surface area contributed by atoms with Crippen LogP contribution in [-0.4, -0.2) is 21.3 Å². The molecule has 0 bridgehead atoms. The first-order valence-corrected chi connectivity index (χ1v) is 7.81. The Labute approximate surface area is 127 Å². The van der Waals surface area contributed by atoms with E-state index >= 15 is 0 Å². The van der Waals surface area contributed by atoms with Crippen molar-refractivity contribution in [2.24, 2.45) is 7.05 Å². The fourth-order valence-electron chi connectivity index (χ4n) is 2.82. The van der Waals surface area contributed by atoms with E-state index in [0.717, 1.165) is 25.9 Å². The summed E-state index contributed by atoms with van der Waals surface area (Å²) in [5, 5.41) is 8.21. The van der Waals surface area contributed by atoms with E-state index in [9.17, 15) is 0 Å². The van der Waals surface area contributed by atoms with E-state index in [0.29, 0.717) is 5.92 Å². The summed E-state index contributed by atoms with van der Waals surface area (Å²) in [5.41, 5.74) is 5.27. The van der Waals surface area contributed by atoms with Gasteiger partial charge in [-0.25, -0.2) is 0 Å². The molecular weight excluding hydrogens is 260 g/mol. The predicted molar refractivity (Wildman–Crippen MR) is 86.3 cm³/mol. The van der Waals surface area contributed by atoms with Gasteiger partial charge >= 0.3 is 0 Å². The molecule has 2 aromatic rings. The molecular formula is C17H26N4. The van der Waals surface area contributed by atoms with Crippen LogP contribution in [0.2, 0.25) is 0 Å². The first kappa shape index (κ1) is 15.7. The molecule has 0 aliphatic heterocycles. The molecule has 2 heterocycles. The normalized spacial score (nSPS) is 12.6. The van der Waals surface area contributed by atoms with Crippen molar-refractivity contribution in [2.45, 2.75) is 46.1 Å². The largest absolute Gasteiger partial charge is 0.312 e. The van der Waals surface area contributed by atoms with Crippen LogP contribution in [0.1, 0.15) is 49.2 Å². The Hall–Kier alpha value is -1.68. The second kappa shape index (κ2) is 7.36. The Balaban J connectivity index is 1.97. The van der Waals surface area contributed by atoms with Crippen molar-refractivity contribution in [3.8, 4) is 0 Å². The molecule has 0 aliphatic carbocycles. The second-order valence-corrected chi connectivity index (χ2v) is 5.52. The smallest absolute Gasteiger partial charge is 0.0669 e. The second-order valence-electron chi connectivity index (χ2n) is 5.52. The fraction of sp³-hybridized carbons (Fsp3) is 0.529. The SMILES string of the molecule is CCc1nn(C)c(CC)c1CNC[C@H](C)c1ccncc1. The van der Waals surface area contributed by atoms with Gasteiger partial charge in [0, 0.05) is 43.8 Å². The quantitative estimate of drug-likeness (QED) is 0.851. The van der Waals surface area contributed by atoms with Crippen LogP contribution in [0.3, 0.4) is 0 Å². The molecule has 0 saturated heterocycles. The van der Waals surface area contributed by atoms with Crippen LogP contribution in [0, 0.1) is 0 Å². The van der Waals surface area contributed by atoms with Crippen molar-refractivity contribution in [2.75, 3.05) is 6.54 Å². The first-order valence-electron chi connectivity index (χ1n) is 7.81. The van der Waals surface area contributed by atoms with Crippen LogP contribution >= 0.6 is 0 Å². The maximum Gasteiger partial charge on any atom is 0.0669 e. The summed E-state index contributed by atoms with van der Waals surface area (Å²) in [7, 11) is 2.04. The van der Waals surface area contributed by atoms with Gasteiger partial charge in [0.2, 0.25) is 0 Å². The van der Waals surface area contributed by atoms with E-state index in [1.54, 1.807) is 0 Å². The fourth-order valence-corrected chi connectivity index (χ4v) is 2.82. The average Bonchev–Trinajstić information content (AvgIpc) is 2.83. The van der Waals surface area contributed by atoms with E-state index in [-0.39, 0.29) is 0 Å². The molecule has 4 nitrogen and oxygen atoms in total. The van der Waals surface area contributed by atoms with Gasteiger partial charge < -0.3 is 5.32 Å². The van der Waals surface area contributed by atoms with Crippen molar-refractivity contribution < 1.29 is 0 Å². The Bertz CT molecular complexity index is 560. The molecule has 1 atom stereocenters. The monoisotopic (exact) mass is 286 g/mol. The van der Waals surface area contributed by atoms with Crippen molar-refractivity contribution in [1.82, 2.24) is 20.1 Å². The summed E-state index contributed by atoms with van der Waals surface area (Å²) >= 11 is 0. The zero-order chi connectivity index (χ0) is 15.2. The van der Waals surface area contributed by atoms with Gasteiger partial charge in [0.25, 0.3) is 0 Å². The molecule has 0 aliphatic rings. The maximum absolute atomic E-state index is 4.62. The highest BCUT2D eigenvalue weighted by Gasteiger charge is 2.13. The highest BCUT2D eigenvalue weighted by Crippen LogP contribution is 2.16. The summed E-state index contributed by atoms with van der Waals surface area (Å²) in [5.74, 6) is 0.486. The molecule has 0 aromatic carbocycles. The van der Waals surface area contributed by atoms with E-state index in [2.05, 4.69) is 48.3 Å². The standard InChI is InChI=1S/C17H26N4/c1-5-16-15(17(6-2)21(4)20-16)12-19-11-13(3)14-7-9-18-10-8-14/h7-10,13,19H,5-6,11-12H2,1-4H3/t13-/m0/s1. The molecule has 0 spiro atoms. The number of nitrogens with one attached hydrogen (secondary N) is 1. The lowest BCUT2D eigenvalue weighted by molar-refractivity contribution is 0.609. The van der Waals surface area contributed by atoms with E-state index < -0.39 is 0 Å². The molecule has 2 aromatic heterocycles. The molecule has 0 fully saturated rings. The lowest BCUT2D eigenvalue weighted by Gasteiger charge is -2.13. The van der Waals surface area contributed by atoms with Crippen LogP contribution in [-0.2, 0) is 26.4 Å². The minimum Gasteiger partial charge on any atom is -0.312 e. The minimum atomic E-state index is 0.486. The van der Waals surface area contributed by atoms with Crippen molar-refractivity contribution >= 4 is 0 Å². The zero-order valence-corrected chi connectivity index (χ0v) is 13.6. The van der Waals surface area contributed by atoms with Gasteiger partial charge in [-0.2, -0.15) is 5.10 Å². The average molecular weight is 286 g/mol. The molecule has 2 rings (SSSR count). The van der Waals surface area contributed by atoms with E-state index in [1.165, 1.54) is 22.5 Å². The number of rotatable bonds is 7. The summed E-state index contributed by atoms with van der Waals surface area (Å²) < 4.78 is 2.03. The van der Waals surface area contributed by atoms with Crippen LogP contribution in [0.4, 0.5) is 0 Å². The van der Waals surface area contributed by atoms with Crippen molar-refractivity contribution in [1.29, 1.82) is 0 Å². The van der Waals surface area contributed by atoms with Gasteiger partial charge in [-0.1, -0.05) is 20.8 Å². The predicted octanol–water partition coefficient (Wildman–Crippen LogP) is 2.83. The van der Waals surface area contributed by atoms with Crippen molar-refractivity contribution in [3.05, 3.63) is 47.0 Å². The third kappa shape index (κ3) is 3.70. The Morgan fingerprint density at radius 2 is 1.90 bits per heavy atom. The van der Waals surface area contributed by atoms with Gasteiger partial charge in [0.15, 0.2) is 0 Å². The highest BCUT2D eigenvalue weighted by molar-refractivity contribution is 5.26. The molecule has 0 unspecified atom stereocenters. The van der Waals surface area contributed by atoms with E-state index in [1.807, 2.05) is 24.1 Å². The summed E-state index contributed by atoms with van der Waals surface area (Å²) in [6.07, 6.45) is 5.74. The third-order valence-electron chi connectivity index (χ3n) is 4.06. The Morgan fingerprint density at radius 1 is 1.19 bits per heavy atom. The summed E-state index contributed by atoms with van der Waals surface area (Å²) in [6, 6.07) is 4.18. The van der Waals surface area contributed by atoms with Gasteiger partial charge in [-0.15, -0.1) is 0 Å². The summed E-state index contributed by atoms with van der Waals surface area (Å²) in [4.78, 5) is 4.07. The number of pyridine rings is 1. The number of aromatic nitrogens is 3. The third-order valence-corrected chi connectivity index (χ3v) is 4.06. The zero-order valence-electron chi connectivity index (χ0n) is 13.6. The molecule has 0 saturated carbocycles. The topological polar surface area (TPSA) is 42.7 Å². The Kier molecular flexibility index (Phi) is 5.51. The Morgan fingerprint density at radius 3 is 2.52 bits per heavy atom. The lowest BCUT2D eigenvalue weighted by atomic mass is 10.0. The van der Waals surface area contributed by atoms with Gasteiger partial charge in [0.1, 0.15) is 0 Å².